The third-order valence-electron chi connectivity index (χ3n) is 13.3. The van der Waals surface area contributed by atoms with E-state index in [-0.39, 0.29) is 37.5 Å². The van der Waals surface area contributed by atoms with E-state index in [1.54, 1.807) is 0 Å². The maximum Gasteiger partial charge on any atom is 0.306 e. The van der Waals surface area contributed by atoms with Crippen molar-refractivity contribution in [3.05, 3.63) is 146 Å². The predicted molar refractivity (Wildman–Crippen MR) is 343 cm³/mol. The molecule has 1 unspecified atom stereocenters. The van der Waals surface area contributed by atoms with Crippen LogP contribution >= 0.6 is 0 Å². The quantitative estimate of drug-likeness (QED) is 0.0261. The van der Waals surface area contributed by atoms with Crippen LogP contribution in [0.1, 0.15) is 278 Å². The van der Waals surface area contributed by atoms with Crippen molar-refractivity contribution in [1.29, 1.82) is 0 Å². The normalized spacial score (nSPS) is 13.1. The van der Waals surface area contributed by atoms with Crippen molar-refractivity contribution in [2.24, 2.45) is 0 Å². The Morgan fingerprint density at radius 3 is 0.785 bits per heavy atom. The van der Waals surface area contributed by atoms with E-state index >= 15 is 0 Å². The van der Waals surface area contributed by atoms with Gasteiger partial charge in [-0.25, -0.2) is 0 Å². The largest absolute Gasteiger partial charge is 0.462 e. The Balaban J connectivity index is 4.34. The van der Waals surface area contributed by atoms with Gasteiger partial charge in [-0.1, -0.05) is 269 Å². The Morgan fingerprint density at radius 2 is 0.494 bits per heavy atom. The number of ether oxygens (including phenoxy) is 3. The smallest absolute Gasteiger partial charge is 0.306 e. The first-order valence-corrected chi connectivity index (χ1v) is 32.3. The van der Waals surface area contributed by atoms with Gasteiger partial charge in [-0.05, 0) is 135 Å². The lowest BCUT2D eigenvalue weighted by Crippen LogP contribution is -2.30. The van der Waals surface area contributed by atoms with Crippen LogP contribution in [0.15, 0.2) is 146 Å². The molecule has 0 aliphatic rings. The number of carbonyl (C=O) groups excluding carboxylic acids is 3. The molecule has 0 rings (SSSR count). The van der Waals surface area contributed by atoms with Crippen molar-refractivity contribution < 1.29 is 28.6 Å². The molecule has 0 bridgehead atoms. The van der Waals surface area contributed by atoms with Crippen molar-refractivity contribution >= 4 is 17.9 Å². The zero-order valence-electron chi connectivity index (χ0n) is 51.1. The summed E-state index contributed by atoms with van der Waals surface area (Å²) in [7, 11) is 0. The van der Waals surface area contributed by atoms with Gasteiger partial charge in [-0.3, -0.25) is 14.4 Å². The minimum atomic E-state index is -0.808. The Morgan fingerprint density at radius 1 is 0.266 bits per heavy atom. The molecular formula is C73H118O6. The first-order valence-electron chi connectivity index (χ1n) is 32.3. The molecule has 79 heavy (non-hydrogen) atoms. The molecule has 0 aliphatic heterocycles. The van der Waals surface area contributed by atoms with Gasteiger partial charge in [-0.2, -0.15) is 0 Å². The Hall–Kier alpha value is -4.71. The average Bonchev–Trinajstić information content (AvgIpc) is 3.45. The summed E-state index contributed by atoms with van der Waals surface area (Å²) in [6.07, 6.45) is 94.3. The molecule has 0 saturated heterocycles. The van der Waals surface area contributed by atoms with E-state index in [9.17, 15) is 14.4 Å². The topological polar surface area (TPSA) is 78.9 Å². The van der Waals surface area contributed by atoms with Crippen LogP contribution in [0.25, 0.3) is 0 Å². The highest BCUT2D eigenvalue weighted by Gasteiger charge is 2.19. The molecule has 6 heteroatoms. The van der Waals surface area contributed by atoms with E-state index in [0.717, 1.165) is 161 Å². The molecule has 6 nitrogen and oxygen atoms in total. The molecule has 0 spiro atoms. The van der Waals surface area contributed by atoms with E-state index in [0.29, 0.717) is 12.8 Å². The van der Waals surface area contributed by atoms with Gasteiger partial charge in [0.05, 0.1) is 0 Å². The molecule has 0 radical (unpaired) electrons. The summed E-state index contributed by atoms with van der Waals surface area (Å²) in [5.41, 5.74) is 0. The molecule has 446 valence electrons. The number of allylic oxidation sites excluding steroid dienone is 24. The van der Waals surface area contributed by atoms with Crippen LogP contribution in [0.2, 0.25) is 0 Å². The highest BCUT2D eigenvalue weighted by molar-refractivity contribution is 5.71. The third kappa shape index (κ3) is 64.0. The average molecular weight is 1090 g/mol. The van der Waals surface area contributed by atoms with Crippen molar-refractivity contribution in [2.75, 3.05) is 13.2 Å². The lowest BCUT2D eigenvalue weighted by Gasteiger charge is -2.18. The van der Waals surface area contributed by atoms with E-state index in [4.69, 9.17) is 14.2 Å². The zero-order valence-corrected chi connectivity index (χ0v) is 51.1. The molecule has 1 atom stereocenters. The van der Waals surface area contributed by atoms with Crippen LogP contribution in [0.5, 0.6) is 0 Å². The number of hydrogen-bond donors (Lipinski definition) is 0. The van der Waals surface area contributed by atoms with Gasteiger partial charge >= 0.3 is 17.9 Å². The highest BCUT2D eigenvalue weighted by atomic mass is 16.6. The van der Waals surface area contributed by atoms with Gasteiger partial charge in [0.1, 0.15) is 13.2 Å². The fourth-order valence-electron chi connectivity index (χ4n) is 8.53. The second-order valence-electron chi connectivity index (χ2n) is 20.9. The van der Waals surface area contributed by atoms with Gasteiger partial charge in [-0.15, -0.1) is 0 Å². The Kier molecular flexibility index (Phi) is 61.9. The number of esters is 3. The van der Waals surface area contributed by atoms with Crippen LogP contribution in [-0.4, -0.2) is 37.2 Å². The second-order valence-corrected chi connectivity index (χ2v) is 20.9. The summed E-state index contributed by atoms with van der Waals surface area (Å²) in [5, 5.41) is 0. The molecule has 0 aromatic rings. The lowest BCUT2D eigenvalue weighted by molar-refractivity contribution is -0.167. The van der Waals surface area contributed by atoms with Crippen LogP contribution in [0.4, 0.5) is 0 Å². The van der Waals surface area contributed by atoms with Crippen molar-refractivity contribution in [3.63, 3.8) is 0 Å². The van der Waals surface area contributed by atoms with Gasteiger partial charge in [0.25, 0.3) is 0 Å². The van der Waals surface area contributed by atoms with Crippen LogP contribution in [-0.2, 0) is 28.6 Å². The monoisotopic (exact) mass is 1090 g/mol. The van der Waals surface area contributed by atoms with Crippen LogP contribution < -0.4 is 0 Å². The van der Waals surface area contributed by atoms with Gasteiger partial charge in [0, 0.05) is 19.3 Å². The summed E-state index contributed by atoms with van der Waals surface area (Å²) in [5.74, 6) is -0.949. The molecule has 0 amide bonds. The van der Waals surface area contributed by atoms with Crippen molar-refractivity contribution in [1.82, 2.24) is 0 Å². The second kappa shape index (κ2) is 65.8. The molecular weight excluding hydrogens is 973 g/mol. The fourth-order valence-corrected chi connectivity index (χ4v) is 8.53. The summed E-state index contributed by atoms with van der Waals surface area (Å²) >= 11 is 0. The molecule has 0 heterocycles. The van der Waals surface area contributed by atoms with E-state index in [1.807, 2.05) is 0 Å². The minimum absolute atomic E-state index is 0.101. The number of unbranched alkanes of at least 4 members (excludes halogenated alkanes) is 22. The van der Waals surface area contributed by atoms with Gasteiger partial charge in [0.15, 0.2) is 6.10 Å². The van der Waals surface area contributed by atoms with E-state index < -0.39 is 6.10 Å². The van der Waals surface area contributed by atoms with Crippen LogP contribution in [0, 0.1) is 0 Å². The number of hydrogen-bond acceptors (Lipinski definition) is 6. The Bertz CT molecular complexity index is 1730. The zero-order chi connectivity index (χ0) is 57.1. The number of rotatable bonds is 57. The molecule has 0 N–H and O–H groups in total. The van der Waals surface area contributed by atoms with Gasteiger partial charge < -0.3 is 14.2 Å². The minimum Gasteiger partial charge on any atom is -0.462 e. The molecule has 0 aromatic heterocycles. The lowest BCUT2D eigenvalue weighted by atomic mass is 10.0. The predicted octanol–water partition coefficient (Wildman–Crippen LogP) is 22.3. The molecule has 0 saturated carbocycles. The van der Waals surface area contributed by atoms with Crippen LogP contribution in [0.3, 0.4) is 0 Å². The first-order chi connectivity index (χ1) is 39.0. The SMILES string of the molecule is CC/C=C\C/C=C\C/C=C\C/C=C\C/C=C\CCCCCCCCCCCCCCCC(=O)OCC(COC(=O)CCCCCCC/C=C\C/C=C\CCC)OC(=O)CCCCC/C=C\C/C=C\C/C=C\C/C=C\C/C=C\CC. The van der Waals surface area contributed by atoms with E-state index in [2.05, 4.69) is 167 Å². The van der Waals surface area contributed by atoms with Crippen molar-refractivity contribution in [3.8, 4) is 0 Å². The maximum absolute atomic E-state index is 12.9. The Labute approximate surface area is 487 Å². The fraction of sp³-hybridized carbons (Fsp3) is 0.630. The molecule has 0 aromatic carbocycles. The van der Waals surface area contributed by atoms with E-state index in [1.165, 1.54) is 77.0 Å². The summed E-state index contributed by atoms with van der Waals surface area (Å²) in [4.78, 5) is 38.3. The number of carbonyl (C=O) groups is 3. The standard InChI is InChI=1S/C73H118O6/c1-4-7-10-13-16-19-22-25-27-29-31-32-33-34-35-36-37-38-39-40-42-43-45-48-51-54-57-60-63-66-72(75)78-69-70(68-77-71(74)65-62-59-56-53-50-47-24-21-18-15-12-9-6-3)79-73(76)67-64-61-58-55-52-49-46-44-41-30-28-26-23-20-17-14-11-8-5-2/h7-8,10-12,15-17,19-21,24-28,31-32,34-35,41,44,49,52,70H,4-6,9,13-14,18,22-23,29-30,33,36-40,42-43,45-48,50-51,53-69H2,1-3H3/b10-7-,11-8-,15-12-,19-16-,20-17-,24-21-,27-25-,28-26-,32-31-,35-34-,44-41-,52-49-. The molecule has 0 fully saturated rings. The highest BCUT2D eigenvalue weighted by Crippen LogP contribution is 2.15. The summed E-state index contributed by atoms with van der Waals surface area (Å²) in [6, 6.07) is 0. The molecule has 0 aliphatic carbocycles. The summed E-state index contributed by atoms with van der Waals surface area (Å²) < 4.78 is 16.9. The van der Waals surface area contributed by atoms with Crippen molar-refractivity contribution in [2.45, 2.75) is 284 Å². The summed E-state index contributed by atoms with van der Waals surface area (Å²) in [6.45, 7) is 6.31. The third-order valence-corrected chi connectivity index (χ3v) is 13.3. The first kappa shape index (κ1) is 74.3. The van der Waals surface area contributed by atoms with Gasteiger partial charge in [0.2, 0.25) is 0 Å². The maximum atomic E-state index is 12.9.